The minimum Gasteiger partial charge on any atom is -0.458 e. The second kappa shape index (κ2) is 14.3. The lowest BCUT2D eigenvalue weighted by molar-refractivity contribution is -0.571. The summed E-state index contributed by atoms with van der Waals surface area (Å²) >= 11 is 0. The number of hydrogen-bond donors (Lipinski definition) is 0. The van der Waals surface area contributed by atoms with Gasteiger partial charge in [-0.1, -0.05) is 142 Å². The summed E-state index contributed by atoms with van der Waals surface area (Å²) in [4.78, 5) is 4.51. The Hall–Kier alpha value is -7.24. The highest BCUT2D eigenvalue weighted by Crippen LogP contribution is 2.38. The van der Waals surface area contributed by atoms with Crippen LogP contribution in [-0.2, 0) is 5.41 Å². The Labute approximate surface area is 367 Å². The van der Waals surface area contributed by atoms with Gasteiger partial charge in [-0.05, 0) is 101 Å². The number of aromatic nitrogens is 4. The van der Waals surface area contributed by atoms with Crippen molar-refractivity contribution in [3.8, 4) is 50.9 Å². The molecule has 0 N–H and O–H groups in total. The van der Waals surface area contributed by atoms with Crippen molar-refractivity contribution in [1.29, 1.82) is 0 Å². The zero-order valence-corrected chi connectivity index (χ0v) is 32.2. The van der Waals surface area contributed by atoms with E-state index in [1.54, 1.807) is 56.2 Å². The van der Waals surface area contributed by atoms with E-state index in [9.17, 15) is 0 Å². The number of fused-ring (bicyclic) bond motifs is 4. The maximum atomic E-state index is 9.06. The number of para-hydroxylation sites is 4. The van der Waals surface area contributed by atoms with Crippen LogP contribution in [0, 0.1) is 20.0 Å². The molecule has 0 atom stereocenters. The summed E-state index contributed by atoms with van der Waals surface area (Å²) in [5.41, 5.74) is 2.61. The molecule has 0 bridgehead atoms. The number of ether oxygens (including phenoxy) is 1. The van der Waals surface area contributed by atoms with E-state index >= 15 is 0 Å². The van der Waals surface area contributed by atoms with E-state index in [-0.39, 0.29) is 44.9 Å². The lowest BCUT2D eigenvalue weighted by atomic mass is 9.86. The number of nitrogens with zero attached hydrogens (tertiary/aromatic N) is 4. The van der Waals surface area contributed by atoms with Crippen LogP contribution in [0.5, 0.6) is 11.5 Å². The Balaban J connectivity index is 1.19. The third-order valence-corrected chi connectivity index (χ3v) is 10.4. The van der Waals surface area contributed by atoms with Gasteiger partial charge in [0.1, 0.15) is 17.3 Å². The molecular weight excluding hydrogens is 721 g/mol. The number of aryl methyl sites for hydroxylation is 2. The molecule has 0 aliphatic rings. The van der Waals surface area contributed by atoms with Gasteiger partial charge in [0.05, 0.1) is 47.1 Å². The van der Waals surface area contributed by atoms with Gasteiger partial charge in [0.25, 0.3) is 6.33 Å². The third kappa shape index (κ3) is 6.45. The summed E-state index contributed by atoms with van der Waals surface area (Å²) in [5.74, 6) is 0.994. The Bertz CT molecular complexity index is 3870. The summed E-state index contributed by atoms with van der Waals surface area (Å²) in [7, 11) is 0. The minimum atomic E-state index is -2.76. The fraction of sp³-hybridized carbons (Fsp3) is 0.111. The summed E-state index contributed by atoms with van der Waals surface area (Å²) in [6, 6.07) is 26.3. The summed E-state index contributed by atoms with van der Waals surface area (Å²) in [6.45, 7) is 0.640. The quantitative estimate of drug-likeness (QED) is 0.119. The first-order valence-corrected chi connectivity index (χ1v) is 18.9. The Morgan fingerprint density at radius 3 is 2.03 bits per heavy atom. The van der Waals surface area contributed by atoms with Gasteiger partial charge in [0, 0.05) is 31.3 Å². The van der Waals surface area contributed by atoms with E-state index in [2.05, 4.69) is 11.3 Å². The Morgan fingerprint density at radius 1 is 0.644 bits per heavy atom. The molecule has 286 valence electrons. The largest absolute Gasteiger partial charge is 0.458 e. The first-order valence-electron chi connectivity index (χ1n) is 26.9. The molecule has 0 spiro atoms. The van der Waals surface area contributed by atoms with Crippen LogP contribution in [0.15, 0.2) is 176 Å². The zero-order valence-electron chi connectivity index (χ0n) is 48.2. The van der Waals surface area contributed by atoms with Crippen molar-refractivity contribution in [1.82, 2.24) is 14.1 Å². The van der Waals surface area contributed by atoms with E-state index in [1.165, 1.54) is 6.07 Å². The van der Waals surface area contributed by atoms with Crippen molar-refractivity contribution >= 4 is 32.8 Å². The maximum absolute atomic E-state index is 9.06. The lowest BCUT2D eigenvalue weighted by Gasteiger charge is -2.22. The van der Waals surface area contributed by atoms with E-state index in [0.29, 0.717) is 39.3 Å². The summed E-state index contributed by atoms with van der Waals surface area (Å²) in [6.07, 6.45) is 4.55. The molecule has 0 fully saturated rings. The van der Waals surface area contributed by atoms with Crippen LogP contribution in [0.1, 0.15) is 59.4 Å². The molecule has 59 heavy (non-hydrogen) atoms. The van der Waals surface area contributed by atoms with Crippen LogP contribution in [-0.4, -0.2) is 14.1 Å². The van der Waals surface area contributed by atoms with Gasteiger partial charge < -0.3 is 4.74 Å². The van der Waals surface area contributed by atoms with Gasteiger partial charge in [-0.15, -0.1) is 0 Å². The first kappa shape index (κ1) is 22.6. The monoisotopic (exact) mass is 780 g/mol. The molecule has 0 saturated carbocycles. The van der Waals surface area contributed by atoms with E-state index in [4.69, 9.17) is 26.7 Å². The molecule has 3 heterocycles. The second-order valence-corrected chi connectivity index (χ2v) is 15.1. The number of rotatable bonds is 7. The van der Waals surface area contributed by atoms with Gasteiger partial charge in [0.2, 0.25) is 0 Å². The van der Waals surface area contributed by atoms with Gasteiger partial charge in [-0.2, -0.15) is 0 Å². The Kier molecular flexibility index (Phi) is 5.48. The molecule has 10 rings (SSSR count). The highest BCUT2D eigenvalue weighted by Gasteiger charge is 2.22. The fourth-order valence-electron chi connectivity index (χ4n) is 7.54. The average molecular weight is 781 g/mol. The zero-order chi connectivity index (χ0) is 54.0. The lowest BCUT2D eigenvalue weighted by Crippen LogP contribution is -2.31. The molecule has 0 amide bonds. The number of hydrogen-bond acceptors (Lipinski definition) is 2. The maximum Gasteiger partial charge on any atom is 0.269 e. The van der Waals surface area contributed by atoms with Crippen molar-refractivity contribution in [3.63, 3.8) is 0 Å². The summed E-state index contributed by atoms with van der Waals surface area (Å²) in [5, 5.41) is 1.63. The number of benzene rings is 7. The first-order chi connectivity index (χ1) is 35.3. The molecule has 0 aliphatic heterocycles. The number of imidazole rings is 1. The van der Waals surface area contributed by atoms with Crippen LogP contribution >= 0.6 is 0 Å². The third-order valence-electron chi connectivity index (χ3n) is 10.4. The fourth-order valence-corrected chi connectivity index (χ4v) is 7.54. The topological polar surface area (TPSA) is 35.9 Å². The van der Waals surface area contributed by atoms with Crippen LogP contribution in [0.2, 0.25) is 0 Å². The van der Waals surface area contributed by atoms with Crippen LogP contribution in [0.4, 0.5) is 0 Å². The van der Waals surface area contributed by atoms with Gasteiger partial charge in [-0.25, -0.2) is 4.98 Å². The van der Waals surface area contributed by atoms with Crippen molar-refractivity contribution in [3.05, 3.63) is 199 Å². The molecule has 10 aromatic rings. The minimum absolute atomic E-state index is 0.110. The second-order valence-electron chi connectivity index (χ2n) is 15.1. The normalized spacial score (nSPS) is 16.1. The smallest absolute Gasteiger partial charge is 0.269 e. The average Bonchev–Trinajstić information content (AvgIpc) is 3.92. The van der Waals surface area contributed by atoms with E-state index in [1.807, 2.05) is 81.4 Å². The summed E-state index contributed by atoms with van der Waals surface area (Å²) < 4.78 is 148. The van der Waals surface area contributed by atoms with Gasteiger partial charge >= 0.3 is 0 Å². The predicted octanol–water partition coefficient (Wildman–Crippen LogP) is 13.2. The van der Waals surface area contributed by atoms with E-state index in [0.717, 1.165) is 22.5 Å². The molecule has 5 heteroatoms. The van der Waals surface area contributed by atoms with Crippen LogP contribution < -0.4 is 9.30 Å². The molecule has 7 aromatic carbocycles. The molecule has 0 radical (unpaired) electrons. The van der Waals surface area contributed by atoms with Crippen molar-refractivity contribution in [2.24, 2.45) is 0 Å². The predicted molar refractivity (Wildman–Crippen MR) is 241 cm³/mol. The molecule has 5 nitrogen and oxygen atoms in total. The highest BCUT2D eigenvalue weighted by atomic mass is 16.5. The Morgan fingerprint density at radius 2 is 1.32 bits per heavy atom. The molecule has 0 unspecified atom stereocenters. The van der Waals surface area contributed by atoms with Gasteiger partial charge in [-0.3, -0.25) is 13.7 Å². The molecular formula is C54H44N4O. The van der Waals surface area contributed by atoms with Crippen molar-refractivity contribution < 1.29 is 31.2 Å². The van der Waals surface area contributed by atoms with Crippen LogP contribution in [0.3, 0.4) is 0 Å². The van der Waals surface area contributed by atoms with E-state index < -0.39 is 79.5 Å². The highest BCUT2D eigenvalue weighted by molar-refractivity contribution is 6.09. The van der Waals surface area contributed by atoms with Gasteiger partial charge in [0.15, 0.2) is 0 Å². The SMILES string of the molecule is [2H]c1c([2H])c([2H])c(-c2cccc(-c3c([2H])c([2H])c([2H])c([2H])c3[2H])c2-[n+]2[c-]n(-c3cc(Oc4ccc5c6ccccc6n(-c6cc(C([2H])([2H])[2H])c(C([2H])([2H])[2H])cn6)c5c4)cc(C(C)(C)C)c3)c3ccccc32)c([2H])c1[2H]. The molecule has 0 aliphatic carbocycles. The standard InChI is InChI=1S/C54H44N4O/c1-36-29-52(55-34-37(36)2)58-48-24-13-12-21-46(48)47-28-27-42(33-51(47)58)59-43-31-40(54(3,4)5)30-41(32-43)56-35-57(50-26-15-14-25-49(50)56)53-44(38-17-8-6-9-18-38)22-16-23-45(53)39-19-10-7-11-20-39/h6-34H,1-5H3/i1D3,2D3,6D,7D,8D,9D,10D,11D,17D,18D,19D,20D. The van der Waals surface area contributed by atoms with Crippen molar-refractivity contribution in [2.45, 2.75) is 39.9 Å². The molecule has 3 aromatic heterocycles. The number of pyridine rings is 1. The van der Waals surface area contributed by atoms with Crippen molar-refractivity contribution in [2.75, 3.05) is 0 Å². The molecule has 0 saturated heterocycles. The van der Waals surface area contributed by atoms with Crippen LogP contribution in [0.25, 0.3) is 72.3 Å².